The number of carbonyl (C=O) groups is 1. The first-order chi connectivity index (χ1) is 9.47. The predicted molar refractivity (Wildman–Crippen MR) is 85.1 cm³/mol. The molecule has 1 N–H and O–H groups in total. The van der Waals surface area contributed by atoms with Crippen LogP contribution < -0.4 is 5.43 Å². The van der Waals surface area contributed by atoms with E-state index in [9.17, 15) is 4.79 Å². The average Bonchev–Trinajstić information content (AvgIpc) is 2.82. The molecule has 4 nitrogen and oxygen atoms in total. The highest BCUT2D eigenvalue weighted by molar-refractivity contribution is 9.11. The molecule has 104 valence electrons. The standard InChI is InChI=1S/C14H12Br2N2O2/c1-8-3-4-13(20-8)14(19)18-17-7-10-5-11(15)9(2)12(16)6-10/h3-7H,1-2H3,(H,18,19)/b17-7-. The Morgan fingerprint density at radius 3 is 2.45 bits per heavy atom. The average molecular weight is 400 g/mol. The fourth-order valence-electron chi connectivity index (χ4n) is 1.52. The van der Waals surface area contributed by atoms with Gasteiger partial charge in [0.25, 0.3) is 0 Å². The summed E-state index contributed by atoms with van der Waals surface area (Å²) >= 11 is 6.93. The number of hydrogen-bond donors (Lipinski definition) is 1. The number of hydrazone groups is 1. The summed E-state index contributed by atoms with van der Waals surface area (Å²) in [6.07, 6.45) is 1.57. The van der Waals surface area contributed by atoms with Crippen molar-refractivity contribution in [2.75, 3.05) is 0 Å². The van der Waals surface area contributed by atoms with Crippen LogP contribution in [0.25, 0.3) is 0 Å². The molecule has 0 atom stereocenters. The Morgan fingerprint density at radius 2 is 1.90 bits per heavy atom. The predicted octanol–water partition coefficient (Wildman–Crippen LogP) is 4.19. The molecular formula is C14H12Br2N2O2. The first kappa shape index (κ1) is 15.0. The van der Waals surface area contributed by atoms with Gasteiger partial charge in [-0.15, -0.1) is 0 Å². The van der Waals surface area contributed by atoms with E-state index in [4.69, 9.17) is 4.42 Å². The van der Waals surface area contributed by atoms with Crippen LogP contribution in [0.2, 0.25) is 0 Å². The fraction of sp³-hybridized carbons (Fsp3) is 0.143. The van der Waals surface area contributed by atoms with Crippen molar-refractivity contribution in [3.63, 3.8) is 0 Å². The number of amides is 1. The first-order valence-corrected chi connectivity index (χ1v) is 7.41. The maximum atomic E-state index is 11.7. The summed E-state index contributed by atoms with van der Waals surface area (Å²) in [4.78, 5) is 11.7. The van der Waals surface area contributed by atoms with E-state index in [1.165, 1.54) is 0 Å². The lowest BCUT2D eigenvalue weighted by Crippen LogP contribution is -2.16. The zero-order valence-corrected chi connectivity index (χ0v) is 14.1. The third-order valence-corrected chi connectivity index (χ3v) is 4.29. The lowest BCUT2D eigenvalue weighted by molar-refractivity contribution is 0.0926. The molecule has 0 fully saturated rings. The van der Waals surface area contributed by atoms with Crippen molar-refractivity contribution in [2.24, 2.45) is 5.10 Å². The van der Waals surface area contributed by atoms with Gasteiger partial charge < -0.3 is 4.42 Å². The van der Waals surface area contributed by atoms with Crippen LogP contribution in [-0.2, 0) is 0 Å². The van der Waals surface area contributed by atoms with Gasteiger partial charge in [-0.3, -0.25) is 4.79 Å². The van der Waals surface area contributed by atoms with Crippen LogP contribution in [0.3, 0.4) is 0 Å². The number of halogens is 2. The van der Waals surface area contributed by atoms with E-state index in [-0.39, 0.29) is 11.7 Å². The van der Waals surface area contributed by atoms with Crippen molar-refractivity contribution in [3.05, 3.63) is 55.9 Å². The molecule has 0 radical (unpaired) electrons. The minimum absolute atomic E-state index is 0.242. The number of aryl methyl sites for hydroxylation is 1. The lowest BCUT2D eigenvalue weighted by Gasteiger charge is -2.03. The van der Waals surface area contributed by atoms with Gasteiger partial charge in [-0.25, -0.2) is 5.43 Å². The highest BCUT2D eigenvalue weighted by atomic mass is 79.9. The second kappa shape index (κ2) is 6.37. The normalized spacial score (nSPS) is 11.0. The highest BCUT2D eigenvalue weighted by Crippen LogP contribution is 2.25. The Morgan fingerprint density at radius 1 is 1.25 bits per heavy atom. The molecule has 1 aromatic carbocycles. The molecule has 0 aliphatic carbocycles. The molecule has 6 heteroatoms. The molecule has 0 saturated heterocycles. The fourth-order valence-corrected chi connectivity index (χ4v) is 2.74. The number of nitrogens with one attached hydrogen (secondary N) is 1. The lowest BCUT2D eigenvalue weighted by atomic mass is 10.2. The third-order valence-electron chi connectivity index (χ3n) is 2.65. The Bertz CT molecular complexity index is 655. The van der Waals surface area contributed by atoms with E-state index in [1.807, 2.05) is 19.1 Å². The Hall–Kier alpha value is -1.40. The van der Waals surface area contributed by atoms with Crippen LogP contribution >= 0.6 is 31.9 Å². The second-order valence-corrected chi connectivity index (χ2v) is 5.93. The number of nitrogens with zero attached hydrogens (tertiary/aromatic N) is 1. The molecule has 0 aliphatic heterocycles. The monoisotopic (exact) mass is 398 g/mol. The van der Waals surface area contributed by atoms with Crippen molar-refractivity contribution in [2.45, 2.75) is 13.8 Å². The van der Waals surface area contributed by atoms with Gasteiger partial charge in [0.05, 0.1) is 6.21 Å². The number of rotatable bonds is 3. The minimum Gasteiger partial charge on any atom is -0.456 e. The molecule has 1 heterocycles. The third kappa shape index (κ3) is 3.58. The van der Waals surface area contributed by atoms with Crippen LogP contribution in [-0.4, -0.2) is 12.1 Å². The largest absolute Gasteiger partial charge is 0.456 e. The zero-order chi connectivity index (χ0) is 14.7. The maximum absolute atomic E-state index is 11.7. The van der Waals surface area contributed by atoms with Crippen LogP contribution in [0, 0.1) is 13.8 Å². The second-order valence-electron chi connectivity index (χ2n) is 4.22. The first-order valence-electron chi connectivity index (χ1n) is 5.83. The molecule has 0 aliphatic rings. The van der Waals surface area contributed by atoms with Crippen LogP contribution in [0.15, 0.2) is 42.7 Å². The summed E-state index contributed by atoms with van der Waals surface area (Å²) in [6, 6.07) is 7.19. The molecule has 2 rings (SSSR count). The summed E-state index contributed by atoms with van der Waals surface area (Å²) in [6.45, 7) is 3.78. The van der Waals surface area contributed by atoms with Gasteiger partial charge >= 0.3 is 5.91 Å². The molecule has 0 unspecified atom stereocenters. The highest BCUT2D eigenvalue weighted by Gasteiger charge is 2.08. The summed E-state index contributed by atoms with van der Waals surface area (Å²) in [5.41, 5.74) is 4.40. The van der Waals surface area contributed by atoms with Crippen LogP contribution in [0.4, 0.5) is 0 Å². The molecule has 0 saturated carbocycles. The van der Waals surface area contributed by atoms with Gasteiger partial charge in [-0.2, -0.15) is 5.10 Å². The molecule has 1 amide bonds. The molecule has 0 spiro atoms. The topological polar surface area (TPSA) is 54.6 Å². The summed E-state index contributed by atoms with van der Waals surface area (Å²) in [5.74, 6) is 0.552. The smallest absolute Gasteiger partial charge is 0.307 e. The van der Waals surface area contributed by atoms with Crippen molar-refractivity contribution < 1.29 is 9.21 Å². The Kier molecular flexibility index (Phi) is 4.77. The summed E-state index contributed by atoms with van der Waals surface area (Å²) in [7, 11) is 0. The van der Waals surface area contributed by atoms with Gasteiger partial charge in [0.1, 0.15) is 5.76 Å². The Balaban J connectivity index is 2.05. The van der Waals surface area contributed by atoms with Gasteiger partial charge in [0.15, 0.2) is 5.76 Å². The molecule has 2 aromatic rings. The molecule has 20 heavy (non-hydrogen) atoms. The van der Waals surface area contributed by atoms with E-state index in [1.54, 1.807) is 25.3 Å². The van der Waals surface area contributed by atoms with E-state index < -0.39 is 0 Å². The molecule has 0 bridgehead atoms. The van der Waals surface area contributed by atoms with Crippen LogP contribution in [0.5, 0.6) is 0 Å². The summed E-state index contributed by atoms with van der Waals surface area (Å²) < 4.78 is 7.15. The van der Waals surface area contributed by atoms with Gasteiger partial charge in [0.2, 0.25) is 0 Å². The van der Waals surface area contributed by atoms with Crippen molar-refractivity contribution in [3.8, 4) is 0 Å². The zero-order valence-electron chi connectivity index (χ0n) is 10.9. The van der Waals surface area contributed by atoms with Gasteiger partial charge in [-0.1, -0.05) is 31.9 Å². The maximum Gasteiger partial charge on any atom is 0.307 e. The molecule has 1 aromatic heterocycles. The SMILES string of the molecule is Cc1ccc(C(=O)N/N=C\c2cc(Br)c(C)c(Br)c2)o1. The van der Waals surface area contributed by atoms with Crippen molar-refractivity contribution >= 4 is 44.0 Å². The number of carbonyl (C=O) groups excluding carboxylic acids is 1. The van der Waals surface area contributed by atoms with E-state index >= 15 is 0 Å². The number of furan rings is 1. The minimum atomic E-state index is -0.375. The van der Waals surface area contributed by atoms with Crippen LogP contribution in [0.1, 0.15) is 27.4 Å². The number of hydrogen-bond acceptors (Lipinski definition) is 3. The summed E-state index contributed by atoms with van der Waals surface area (Å²) in [5, 5.41) is 3.91. The van der Waals surface area contributed by atoms with Crippen molar-refractivity contribution in [1.82, 2.24) is 5.43 Å². The van der Waals surface area contributed by atoms with E-state index in [0.29, 0.717) is 5.76 Å². The quantitative estimate of drug-likeness (QED) is 0.621. The number of benzene rings is 1. The van der Waals surface area contributed by atoms with Crippen molar-refractivity contribution in [1.29, 1.82) is 0 Å². The van der Waals surface area contributed by atoms with E-state index in [2.05, 4.69) is 42.4 Å². The van der Waals surface area contributed by atoms with Gasteiger partial charge in [-0.05, 0) is 49.2 Å². The van der Waals surface area contributed by atoms with Gasteiger partial charge in [0, 0.05) is 8.95 Å². The Labute approximate surface area is 133 Å². The molecular weight excluding hydrogens is 388 g/mol. The van der Waals surface area contributed by atoms with E-state index in [0.717, 1.165) is 20.1 Å².